The maximum atomic E-state index is 15.3. The Morgan fingerprint density at radius 2 is 1.80 bits per heavy atom. The van der Waals surface area contributed by atoms with Crippen molar-refractivity contribution in [2.24, 2.45) is 12.5 Å². The van der Waals surface area contributed by atoms with E-state index in [9.17, 15) is 18.0 Å². The van der Waals surface area contributed by atoms with Crippen molar-refractivity contribution in [3.63, 3.8) is 0 Å². The second kappa shape index (κ2) is 7.06. The number of hydrogen-bond donors (Lipinski definition) is 1. The number of carbonyl (C=O) groups is 1. The lowest BCUT2D eigenvalue weighted by Gasteiger charge is -2.28. The predicted molar refractivity (Wildman–Crippen MR) is 100 cm³/mol. The number of benzene rings is 1. The summed E-state index contributed by atoms with van der Waals surface area (Å²) in [5.74, 6) is -4.37. The number of nitrogens with zero attached hydrogens (tertiary/aromatic N) is 2. The van der Waals surface area contributed by atoms with E-state index < -0.39 is 35.5 Å². The van der Waals surface area contributed by atoms with E-state index in [1.165, 1.54) is 31.3 Å². The molecule has 0 atom stereocenters. The van der Waals surface area contributed by atoms with Gasteiger partial charge < -0.3 is 5.32 Å². The molecule has 9 heteroatoms. The Bertz CT molecular complexity index is 944. The molecule has 2 aliphatic carbocycles. The third-order valence-electron chi connectivity index (χ3n) is 6.24. The van der Waals surface area contributed by atoms with Crippen LogP contribution in [0.25, 0.3) is 0 Å². The number of alkyl halides is 5. The highest BCUT2D eigenvalue weighted by molar-refractivity contribution is 5.91. The van der Waals surface area contributed by atoms with Crippen LogP contribution in [0.15, 0.2) is 30.3 Å². The van der Waals surface area contributed by atoms with Crippen molar-refractivity contribution in [3.8, 4) is 0 Å². The Kier molecular flexibility index (Phi) is 4.90. The number of anilines is 1. The van der Waals surface area contributed by atoms with Crippen LogP contribution >= 0.6 is 0 Å². The van der Waals surface area contributed by atoms with Crippen LogP contribution in [0.3, 0.4) is 0 Å². The zero-order valence-electron chi connectivity index (χ0n) is 16.4. The van der Waals surface area contributed by atoms with Crippen LogP contribution in [0, 0.1) is 5.41 Å². The highest BCUT2D eigenvalue weighted by atomic mass is 19.4. The molecule has 0 unspecified atom stereocenters. The Morgan fingerprint density at radius 1 is 1.17 bits per heavy atom. The van der Waals surface area contributed by atoms with Crippen molar-refractivity contribution in [2.45, 2.75) is 56.5 Å². The predicted octanol–water partition coefficient (Wildman–Crippen LogP) is 5.50. The molecule has 1 amide bonds. The number of aryl methyl sites for hydroxylation is 1. The molecular formula is C21H22F5N3O. The van der Waals surface area contributed by atoms with Gasteiger partial charge >= 0.3 is 12.1 Å². The van der Waals surface area contributed by atoms with Crippen molar-refractivity contribution in [1.82, 2.24) is 9.78 Å². The van der Waals surface area contributed by atoms with Gasteiger partial charge in [0.05, 0.1) is 5.41 Å². The molecule has 1 aromatic carbocycles. The van der Waals surface area contributed by atoms with Crippen LogP contribution < -0.4 is 5.32 Å². The monoisotopic (exact) mass is 427 g/mol. The molecule has 4 nitrogen and oxygen atoms in total. The van der Waals surface area contributed by atoms with Gasteiger partial charge in [-0.2, -0.15) is 27.1 Å². The van der Waals surface area contributed by atoms with E-state index in [1.807, 2.05) is 0 Å². The minimum absolute atomic E-state index is 0.0632. The topological polar surface area (TPSA) is 46.9 Å². The summed E-state index contributed by atoms with van der Waals surface area (Å²) in [5.41, 5.74) is -2.45. The molecule has 0 saturated heterocycles. The SMILES string of the molecule is Cn1nc(C(F)(F)c2ccccc2)c(C2CCC2)c1NC(=O)CC1(C(F)(F)F)CC1. The first kappa shape index (κ1) is 20.8. The van der Waals surface area contributed by atoms with E-state index in [0.717, 1.165) is 11.1 Å². The van der Waals surface area contributed by atoms with Gasteiger partial charge in [0.15, 0.2) is 0 Å². The molecule has 2 saturated carbocycles. The Hall–Kier alpha value is -2.45. The first-order chi connectivity index (χ1) is 14.1. The van der Waals surface area contributed by atoms with Gasteiger partial charge in [-0.15, -0.1) is 0 Å². The fourth-order valence-corrected chi connectivity index (χ4v) is 3.98. The maximum Gasteiger partial charge on any atom is 0.395 e. The number of halogens is 5. The van der Waals surface area contributed by atoms with Crippen molar-refractivity contribution < 1.29 is 26.7 Å². The third kappa shape index (κ3) is 3.48. The van der Waals surface area contributed by atoms with E-state index in [0.29, 0.717) is 12.8 Å². The van der Waals surface area contributed by atoms with E-state index in [2.05, 4.69) is 10.4 Å². The fourth-order valence-electron chi connectivity index (χ4n) is 3.98. The van der Waals surface area contributed by atoms with Crippen LogP contribution in [-0.2, 0) is 17.8 Å². The Balaban J connectivity index is 1.67. The summed E-state index contributed by atoms with van der Waals surface area (Å²) >= 11 is 0. The van der Waals surface area contributed by atoms with Gasteiger partial charge in [0.25, 0.3) is 0 Å². The smallest absolute Gasteiger partial charge is 0.311 e. The zero-order chi connectivity index (χ0) is 21.7. The lowest BCUT2D eigenvalue weighted by Crippen LogP contribution is -2.30. The summed E-state index contributed by atoms with van der Waals surface area (Å²) in [6.45, 7) is 0. The normalized spacial score (nSPS) is 18.7. The van der Waals surface area contributed by atoms with Crippen LogP contribution in [0.1, 0.15) is 61.3 Å². The van der Waals surface area contributed by atoms with Crippen molar-refractivity contribution in [2.75, 3.05) is 5.32 Å². The summed E-state index contributed by atoms with van der Waals surface area (Å²) in [4.78, 5) is 12.4. The van der Waals surface area contributed by atoms with Crippen molar-refractivity contribution in [3.05, 3.63) is 47.2 Å². The molecule has 4 rings (SSSR count). The number of rotatable bonds is 6. The Morgan fingerprint density at radius 3 is 2.30 bits per heavy atom. The van der Waals surface area contributed by atoms with Gasteiger partial charge in [0.2, 0.25) is 5.91 Å². The van der Waals surface area contributed by atoms with E-state index in [4.69, 9.17) is 0 Å². The van der Waals surface area contributed by atoms with Gasteiger partial charge in [-0.25, -0.2) is 0 Å². The first-order valence-corrected chi connectivity index (χ1v) is 9.92. The van der Waals surface area contributed by atoms with Gasteiger partial charge in [-0.05, 0) is 31.6 Å². The first-order valence-electron chi connectivity index (χ1n) is 9.92. The summed E-state index contributed by atoms with van der Waals surface area (Å²) in [6, 6.07) is 7.24. The summed E-state index contributed by atoms with van der Waals surface area (Å²) < 4.78 is 71.3. The molecule has 0 aliphatic heterocycles. The third-order valence-corrected chi connectivity index (χ3v) is 6.24. The minimum Gasteiger partial charge on any atom is -0.311 e. The van der Waals surface area contributed by atoms with Crippen molar-refractivity contribution >= 4 is 11.7 Å². The number of amides is 1. The molecular weight excluding hydrogens is 405 g/mol. The summed E-state index contributed by atoms with van der Waals surface area (Å²) in [5, 5.41) is 6.47. The second-order valence-corrected chi connectivity index (χ2v) is 8.31. The van der Waals surface area contributed by atoms with Crippen LogP contribution in [-0.4, -0.2) is 21.9 Å². The molecule has 0 bridgehead atoms. The number of nitrogens with one attached hydrogen (secondary N) is 1. The van der Waals surface area contributed by atoms with Gasteiger partial charge in [0.1, 0.15) is 11.5 Å². The largest absolute Gasteiger partial charge is 0.395 e. The molecule has 0 radical (unpaired) electrons. The summed E-state index contributed by atoms with van der Waals surface area (Å²) in [7, 11) is 1.42. The van der Waals surface area contributed by atoms with Gasteiger partial charge in [0, 0.05) is 24.6 Å². The molecule has 2 fully saturated rings. The highest BCUT2D eigenvalue weighted by Crippen LogP contribution is 2.60. The molecule has 2 aromatic rings. The average Bonchev–Trinajstić information content (AvgIpc) is 3.36. The fraction of sp³-hybridized carbons (Fsp3) is 0.524. The molecule has 1 N–H and O–H groups in total. The van der Waals surface area contributed by atoms with Crippen LogP contribution in [0.2, 0.25) is 0 Å². The van der Waals surface area contributed by atoms with E-state index in [-0.39, 0.29) is 35.7 Å². The molecule has 0 spiro atoms. The van der Waals surface area contributed by atoms with Gasteiger partial charge in [-0.3, -0.25) is 9.48 Å². The molecule has 1 heterocycles. The standard InChI is InChI=1S/C21H22F5N3O/c1-29-18(27-15(30)12-19(10-11-19)21(24,25)26)16(13-6-5-7-13)17(28-29)20(22,23)14-8-3-2-4-9-14/h2-4,8-9,13H,5-7,10-12H2,1H3,(H,27,30). The average molecular weight is 427 g/mol. The molecule has 1 aromatic heterocycles. The van der Waals surface area contributed by atoms with E-state index in [1.54, 1.807) is 6.07 Å². The van der Waals surface area contributed by atoms with Crippen molar-refractivity contribution in [1.29, 1.82) is 0 Å². The highest BCUT2D eigenvalue weighted by Gasteiger charge is 2.63. The Labute approximate surface area is 170 Å². The minimum atomic E-state index is -4.46. The number of aromatic nitrogens is 2. The van der Waals surface area contributed by atoms with E-state index >= 15 is 8.78 Å². The molecule has 30 heavy (non-hydrogen) atoms. The lowest BCUT2D eigenvalue weighted by atomic mass is 9.78. The van der Waals surface area contributed by atoms with Crippen LogP contribution in [0.5, 0.6) is 0 Å². The summed E-state index contributed by atoms with van der Waals surface area (Å²) in [6.07, 6.45) is -3.17. The van der Waals surface area contributed by atoms with Gasteiger partial charge in [-0.1, -0.05) is 36.8 Å². The quantitative estimate of drug-likeness (QED) is 0.619. The number of hydrogen-bond acceptors (Lipinski definition) is 2. The second-order valence-electron chi connectivity index (χ2n) is 8.31. The molecule has 162 valence electrons. The maximum absolute atomic E-state index is 15.3. The van der Waals surface area contributed by atoms with Crippen LogP contribution in [0.4, 0.5) is 27.8 Å². The molecule has 2 aliphatic rings. The number of carbonyl (C=O) groups excluding carboxylic acids is 1. The zero-order valence-corrected chi connectivity index (χ0v) is 16.4. The lowest BCUT2D eigenvalue weighted by molar-refractivity contribution is -0.189.